The molecule has 10 nitrogen and oxygen atoms in total. The van der Waals surface area contributed by atoms with Crippen molar-refractivity contribution < 1.29 is 37.4 Å². The molecule has 0 radical (unpaired) electrons. The van der Waals surface area contributed by atoms with Crippen LogP contribution >= 0.6 is 0 Å². The molecule has 0 saturated carbocycles. The Bertz CT molecular complexity index is 764. The molecule has 3 rings (SSSR count). The molecule has 174 valence electrons. The van der Waals surface area contributed by atoms with Crippen LogP contribution in [-0.4, -0.2) is 94.4 Å². The Morgan fingerprint density at radius 3 is 2.48 bits per heavy atom. The van der Waals surface area contributed by atoms with Crippen LogP contribution in [0.15, 0.2) is 12.4 Å². The Labute approximate surface area is 176 Å². The SMILES string of the molecule is CC(=O)NCC(=O)N1Cc2nccn2CC(CN2CCOCC2)C1.O=C(O)C(F)(F)F. The molecule has 1 fully saturated rings. The Morgan fingerprint density at radius 2 is 1.90 bits per heavy atom. The number of hydrogen-bond acceptors (Lipinski definition) is 6. The van der Waals surface area contributed by atoms with Gasteiger partial charge in [0, 0.05) is 58.0 Å². The molecular weight excluding hydrogens is 423 g/mol. The van der Waals surface area contributed by atoms with Crippen LogP contribution in [-0.2, 0) is 32.2 Å². The molecular formula is C18H26F3N5O5. The summed E-state index contributed by atoms with van der Waals surface area (Å²) in [4.78, 5) is 41.0. The zero-order valence-corrected chi connectivity index (χ0v) is 17.1. The van der Waals surface area contributed by atoms with Crippen LogP contribution in [0.4, 0.5) is 13.2 Å². The summed E-state index contributed by atoms with van der Waals surface area (Å²) in [5.41, 5.74) is 0. The molecule has 1 atom stereocenters. The molecule has 2 N–H and O–H groups in total. The molecule has 1 aromatic rings. The number of nitrogens with one attached hydrogen (secondary N) is 1. The number of aliphatic carboxylic acids is 1. The molecule has 1 unspecified atom stereocenters. The van der Waals surface area contributed by atoms with E-state index in [9.17, 15) is 22.8 Å². The van der Waals surface area contributed by atoms with Crippen molar-refractivity contribution in [1.29, 1.82) is 0 Å². The molecule has 0 spiro atoms. The minimum atomic E-state index is -5.08. The minimum absolute atomic E-state index is 0.0420. The summed E-state index contributed by atoms with van der Waals surface area (Å²) < 4.78 is 39.3. The molecule has 13 heteroatoms. The Hall–Kier alpha value is -2.67. The van der Waals surface area contributed by atoms with Crippen molar-refractivity contribution >= 4 is 17.8 Å². The number of imidazole rings is 1. The molecule has 0 aliphatic carbocycles. The summed E-state index contributed by atoms with van der Waals surface area (Å²) in [5, 5.41) is 9.72. The third kappa shape index (κ3) is 8.17. The second-order valence-corrected chi connectivity index (χ2v) is 7.26. The highest BCUT2D eigenvalue weighted by molar-refractivity contribution is 5.83. The molecule has 0 bridgehead atoms. The maximum Gasteiger partial charge on any atom is 0.490 e. The summed E-state index contributed by atoms with van der Waals surface area (Å²) in [6, 6.07) is 0. The summed E-state index contributed by atoms with van der Waals surface area (Å²) in [7, 11) is 0. The number of hydrogen-bond donors (Lipinski definition) is 2. The highest BCUT2D eigenvalue weighted by Crippen LogP contribution is 2.17. The number of carboxylic acid groups (broad SMARTS) is 1. The van der Waals surface area contributed by atoms with Gasteiger partial charge in [-0.15, -0.1) is 0 Å². The maximum atomic E-state index is 12.5. The highest BCUT2D eigenvalue weighted by atomic mass is 19.4. The summed E-state index contributed by atoms with van der Waals surface area (Å²) in [5.74, 6) is -1.78. The van der Waals surface area contributed by atoms with Gasteiger partial charge in [-0.3, -0.25) is 14.5 Å². The lowest BCUT2D eigenvalue weighted by Gasteiger charge is -2.31. The van der Waals surface area contributed by atoms with Crippen molar-refractivity contribution in [1.82, 2.24) is 24.7 Å². The first kappa shape index (κ1) is 24.6. The fourth-order valence-corrected chi connectivity index (χ4v) is 3.31. The molecule has 2 aliphatic heterocycles. The van der Waals surface area contributed by atoms with E-state index in [1.54, 1.807) is 6.20 Å². The molecule has 3 heterocycles. The summed E-state index contributed by atoms with van der Waals surface area (Å²) >= 11 is 0. The van der Waals surface area contributed by atoms with Gasteiger partial charge in [-0.2, -0.15) is 13.2 Å². The summed E-state index contributed by atoms with van der Waals surface area (Å²) in [6.45, 7) is 7.85. The predicted octanol–water partition coefficient (Wildman–Crippen LogP) is -0.0569. The number of morpholine rings is 1. The van der Waals surface area contributed by atoms with Gasteiger partial charge in [0.1, 0.15) is 5.82 Å². The van der Waals surface area contributed by atoms with Gasteiger partial charge in [0.15, 0.2) is 0 Å². The number of carbonyl (C=O) groups is 3. The first-order valence-electron chi connectivity index (χ1n) is 9.68. The van der Waals surface area contributed by atoms with E-state index in [1.165, 1.54) is 6.92 Å². The van der Waals surface area contributed by atoms with E-state index in [0.29, 0.717) is 19.0 Å². The number of amides is 2. The fourth-order valence-electron chi connectivity index (χ4n) is 3.31. The topological polar surface area (TPSA) is 117 Å². The Kier molecular flexibility index (Phi) is 8.80. The number of halogens is 3. The fraction of sp³-hybridized carbons (Fsp3) is 0.667. The van der Waals surface area contributed by atoms with E-state index in [0.717, 1.165) is 45.2 Å². The first-order chi connectivity index (χ1) is 14.6. The molecule has 31 heavy (non-hydrogen) atoms. The molecule has 2 aliphatic rings. The van der Waals surface area contributed by atoms with Crippen molar-refractivity contribution in [2.24, 2.45) is 5.92 Å². The normalized spacial score (nSPS) is 19.5. The standard InChI is InChI=1S/C16H25N5O3.C2HF3O2/c1-13(22)18-8-16(23)21-11-14(9-19-4-6-24-7-5-19)10-20-3-2-17-15(20)12-21;3-2(4,5)1(6)7/h2-3,14H,4-12H2,1H3,(H,18,22);(H,6,7). The van der Waals surface area contributed by atoms with Gasteiger partial charge < -0.3 is 24.6 Å². The van der Waals surface area contributed by atoms with Gasteiger partial charge in [-0.05, 0) is 0 Å². The third-order valence-electron chi connectivity index (χ3n) is 4.77. The van der Waals surface area contributed by atoms with Crippen LogP contribution in [0.1, 0.15) is 12.7 Å². The number of ether oxygens (including phenoxy) is 1. The largest absolute Gasteiger partial charge is 0.490 e. The number of nitrogens with zero attached hydrogens (tertiary/aromatic N) is 4. The van der Waals surface area contributed by atoms with Gasteiger partial charge >= 0.3 is 12.1 Å². The number of rotatable bonds is 4. The zero-order chi connectivity index (χ0) is 23.0. The van der Waals surface area contributed by atoms with Crippen molar-refractivity contribution in [2.45, 2.75) is 26.2 Å². The highest BCUT2D eigenvalue weighted by Gasteiger charge is 2.38. The van der Waals surface area contributed by atoms with Gasteiger partial charge in [0.25, 0.3) is 0 Å². The number of alkyl halides is 3. The molecule has 0 aromatic carbocycles. The zero-order valence-electron chi connectivity index (χ0n) is 17.1. The third-order valence-corrected chi connectivity index (χ3v) is 4.77. The van der Waals surface area contributed by atoms with E-state index in [1.807, 2.05) is 11.1 Å². The van der Waals surface area contributed by atoms with Gasteiger partial charge in [-0.1, -0.05) is 0 Å². The van der Waals surface area contributed by atoms with Crippen LogP contribution in [0.5, 0.6) is 0 Å². The lowest BCUT2D eigenvalue weighted by molar-refractivity contribution is -0.192. The maximum absolute atomic E-state index is 12.5. The predicted molar refractivity (Wildman–Crippen MR) is 101 cm³/mol. The van der Waals surface area contributed by atoms with Crippen LogP contribution in [0.3, 0.4) is 0 Å². The van der Waals surface area contributed by atoms with Gasteiger partial charge in [0.2, 0.25) is 11.8 Å². The van der Waals surface area contributed by atoms with E-state index >= 15 is 0 Å². The quantitative estimate of drug-likeness (QED) is 0.662. The monoisotopic (exact) mass is 449 g/mol. The number of carbonyl (C=O) groups excluding carboxylic acids is 2. The van der Waals surface area contributed by atoms with Crippen LogP contribution < -0.4 is 5.32 Å². The summed E-state index contributed by atoms with van der Waals surface area (Å²) in [6.07, 6.45) is -1.33. The first-order valence-corrected chi connectivity index (χ1v) is 9.68. The average molecular weight is 449 g/mol. The van der Waals surface area contributed by atoms with E-state index < -0.39 is 12.1 Å². The van der Waals surface area contributed by atoms with Crippen molar-refractivity contribution in [3.63, 3.8) is 0 Å². The Balaban J connectivity index is 0.000000423. The van der Waals surface area contributed by atoms with E-state index in [-0.39, 0.29) is 18.4 Å². The molecule has 2 amide bonds. The van der Waals surface area contributed by atoms with Gasteiger partial charge in [0.05, 0.1) is 26.3 Å². The second kappa shape index (κ2) is 11.1. The molecule has 1 aromatic heterocycles. The minimum Gasteiger partial charge on any atom is -0.475 e. The smallest absolute Gasteiger partial charge is 0.475 e. The van der Waals surface area contributed by atoms with Crippen LogP contribution in [0, 0.1) is 5.92 Å². The number of fused-ring (bicyclic) bond motifs is 1. The second-order valence-electron chi connectivity index (χ2n) is 7.26. The van der Waals surface area contributed by atoms with E-state index in [2.05, 4.69) is 19.8 Å². The molecule has 1 saturated heterocycles. The number of aromatic nitrogens is 2. The average Bonchev–Trinajstić information content (AvgIpc) is 3.05. The Morgan fingerprint density at radius 1 is 1.26 bits per heavy atom. The lowest BCUT2D eigenvalue weighted by Crippen LogP contribution is -2.45. The van der Waals surface area contributed by atoms with Crippen LogP contribution in [0.2, 0.25) is 0 Å². The van der Waals surface area contributed by atoms with Crippen LogP contribution in [0.25, 0.3) is 0 Å². The van der Waals surface area contributed by atoms with Gasteiger partial charge in [-0.25, -0.2) is 9.78 Å². The van der Waals surface area contributed by atoms with Crippen molar-refractivity contribution in [3.8, 4) is 0 Å². The van der Waals surface area contributed by atoms with E-state index in [4.69, 9.17) is 14.6 Å². The number of carboxylic acids is 1. The van der Waals surface area contributed by atoms with Crippen molar-refractivity contribution in [3.05, 3.63) is 18.2 Å². The van der Waals surface area contributed by atoms with Crippen molar-refractivity contribution in [2.75, 3.05) is 45.9 Å². The lowest BCUT2D eigenvalue weighted by atomic mass is 10.1.